The summed E-state index contributed by atoms with van der Waals surface area (Å²) in [6.07, 6.45) is -47.9. The average molecular weight is 1170 g/mol. The zero-order valence-electron chi connectivity index (χ0n) is 43.1. The van der Waals surface area contributed by atoms with Gasteiger partial charge < -0.3 is 151 Å². The zero-order chi connectivity index (χ0) is 60.0. The molecule has 80 heavy (non-hydrogen) atoms. The molecule has 0 spiro atoms. The van der Waals surface area contributed by atoms with Crippen LogP contribution in [0.1, 0.15) is 40.5 Å². The third-order valence-electron chi connectivity index (χ3n) is 13.9. The van der Waals surface area contributed by atoms with Gasteiger partial charge in [0.2, 0.25) is 23.6 Å². The fourth-order valence-corrected chi connectivity index (χ4v) is 9.93. The van der Waals surface area contributed by atoms with Crippen molar-refractivity contribution >= 4 is 35.6 Å². The molecule has 0 aromatic heterocycles. The summed E-state index contributed by atoms with van der Waals surface area (Å²) >= 11 is 0. The number of nitrogens with one attached hydrogen (secondary N) is 4. The largest absolute Gasteiger partial charge is 0.477 e. The molecule has 5 fully saturated rings. The summed E-state index contributed by atoms with van der Waals surface area (Å²) in [6, 6.07) is -7.17. The molecule has 0 saturated carbocycles. The lowest BCUT2D eigenvalue weighted by molar-refractivity contribution is -0.397. The van der Waals surface area contributed by atoms with Crippen LogP contribution < -0.4 is 21.3 Å². The van der Waals surface area contributed by atoms with Crippen molar-refractivity contribution in [1.82, 2.24) is 21.3 Å². The minimum Gasteiger partial charge on any atom is -0.477 e. The first-order chi connectivity index (χ1) is 37.4. The normalized spacial score (nSPS) is 42.0. The molecule has 0 bridgehead atoms. The van der Waals surface area contributed by atoms with Crippen LogP contribution >= 0.6 is 0 Å². The maximum atomic E-state index is 13.5. The molecule has 36 nitrogen and oxygen atoms in total. The summed E-state index contributed by atoms with van der Waals surface area (Å²) in [6.45, 7) is -2.04. The van der Waals surface area contributed by atoms with E-state index in [0.29, 0.717) is 0 Å². The number of hydrogen-bond donors (Lipinski definition) is 21. The molecule has 0 aromatic carbocycles. The summed E-state index contributed by atoms with van der Waals surface area (Å²) in [4.78, 5) is 75.7. The standard InChI is InChI=1S/C44H72N4O32/c1-12(53)45-23-16(57)5-43(41(68)69,78-35(23)27(61)18(59)7-49)72-11-22-30(64)34(26(38(67)73-22)48-15(4)56)77-40-32(66)37(33(21(10-52)75-40)76-39-25(47-14(3)55)31(65)29(63)20(9-51)74-39)80-44(42(70)71)6-17(58)24(46-13(2)54)36(79-44)28(62)19(60)8-50/h16-40,49-52,57-67H,5-11H2,1-4H3,(H,45,53)(H,46,54)(H,47,55)(H,48,56)(H,68,69)(H,70,71)/t16-,17-,18+,19+,20+,21+,22+,23+,24+,25+,26+,27+,28+,29-,30-,31+,32+,33-,34+,35+,36+,37+,38?,39-,40-,43+,44-/m0/s1. The summed E-state index contributed by atoms with van der Waals surface area (Å²) in [5.74, 6) is -14.2. The van der Waals surface area contributed by atoms with Gasteiger partial charge in [0, 0.05) is 40.5 Å². The molecule has 5 heterocycles. The quantitative estimate of drug-likeness (QED) is 0.0452. The minimum absolute atomic E-state index is 0.823. The Balaban J connectivity index is 1.58. The van der Waals surface area contributed by atoms with Crippen LogP contribution in [0.2, 0.25) is 0 Å². The Kier molecular flexibility index (Phi) is 23.3. The number of aliphatic hydroxyl groups is 15. The Hall–Kier alpha value is -4.14. The van der Waals surface area contributed by atoms with E-state index in [1.165, 1.54) is 0 Å². The zero-order valence-corrected chi connectivity index (χ0v) is 43.1. The van der Waals surface area contributed by atoms with Crippen LogP contribution in [0.5, 0.6) is 0 Å². The number of ether oxygens (including phenoxy) is 9. The van der Waals surface area contributed by atoms with Gasteiger partial charge in [0.05, 0.1) is 57.3 Å². The molecule has 4 amide bonds. The molecule has 5 rings (SSSR count). The second-order valence-electron chi connectivity index (χ2n) is 19.8. The van der Waals surface area contributed by atoms with Crippen molar-refractivity contribution in [3.63, 3.8) is 0 Å². The molecule has 460 valence electrons. The molecule has 1 unspecified atom stereocenters. The fourth-order valence-electron chi connectivity index (χ4n) is 9.93. The third kappa shape index (κ3) is 14.8. The average Bonchev–Trinajstić information content (AvgIpc) is 3.38. The van der Waals surface area contributed by atoms with Crippen LogP contribution in [0.25, 0.3) is 0 Å². The van der Waals surface area contributed by atoms with Crippen LogP contribution in [0, 0.1) is 0 Å². The van der Waals surface area contributed by atoms with Crippen molar-refractivity contribution in [2.45, 2.75) is 205 Å². The number of amides is 4. The van der Waals surface area contributed by atoms with Crippen LogP contribution in [0.3, 0.4) is 0 Å². The number of carboxylic acid groups (broad SMARTS) is 2. The van der Waals surface area contributed by atoms with Gasteiger partial charge in [-0.1, -0.05) is 0 Å². The molecular weight excluding hydrogens is 1100 g/mol. The Morgan fingerprint density at radius 2 is 0.950 bits per heavy atom. The number of carbonyl (C=O) groups excluding carboxylic acids is 4. The number of carbonyl (C=O) groups is 6. The van der Waals surface area contributed by atoms with E-state index in [-0.39, 0.29) is 0 Å². The Morgan fingerprint density at radius 1 is 0.512 bits per heavy atom. The van der Waals surface area contributed by atoms with Crippen LogP contribution in [0.15, 0.2) is 0 Å². The lowest BCUT2D eigenvalue weighted by Crippen LogP contribution is -2.72. The first kappa shape index (κ1) is 66.7. The molecule has 5 saturated heterocycles. The van der Waals surface area contributed by atoms with E-state index in [4.69, 9.17) is 42.6 Å². The van der Waals surface area contributed by atoms with Gasteiger partial charge >= 0.3 is 11.9 Å². The van der Waals surface area contributed by atoms with Gasteiger partial charge in [-0.3, -0.25) is 19.2 Å². The molecular formula is C44H72N4O32. The van der Waals surface area contributed by atoms with Gasteiger partial charge in [0.1, 0.15) is 110 Å². The summed E-state index contributed by atoms with van der Waals surface area (Å²) < 4.78 is 52.2. The maximum Gasteiger partial charge on any atom is 0.364 e. The van der Waals surface area contributed by atoms with Gasteiger partial charge in [0.15, 0.2) is 18.9 Å². The second-order valence-corrected chi connectivity index (χ2v) is 19.8. The predicted molar refractivity (Wildman–Crippen MR) is 247 cm³/mol. The van der Waals surface area contributed by atoms with Gasteiger partial charge in [0.25, 0.3) is 11.6 Å². The van der Waals surface area contributed by atoms with Crippen LogP contribution in [-0.2, 0) is 71.4 Å². The van der Waals surface area contributed by atoms with E-state index in [1.807, 2.05) is 0 Å². The second kappa shape index (κ2) is 28.0. The van der Waals surface area contributed by atoms with Crippen molar-refractivity contribution in [3.05, 3.63) is 0 Å². The molecule has 27 atom stereocenters. The molecule has 0 aliphatic carbocycles. The Morgan fingerprint density at radius 3 is 1.41 bits per heavy atom. The molecule has 0 aromatic rings. The monoisotopic (exact) mass is 1170 g/mol. The van der Waals surface area contributed by atoms with Crippen molar-refractivity contribution in [3.8, 4) is 0 Å². The highest BCUT2D eigenvalue weighted by molar-refractivity contribution is 5.77. The van der Waals surface area contributed by atoms with E-state index in [9.17, 15) is 116 Å². The van der Waals surface area contributed by atoms with Crippen molar-refractivity contribution < 1.29 is 158 Å². The van der Waals surface area contributed by atoms with Gasteiger partial charge in [-0.15, -0.1) is 0 Å². The summed E-state index contributed by atoms with van der Waals surface area (Å²) in [7, 11) is 0. The fraction of sp³-hybridized carbons (Fsp3) is 0.864. The molecule has 21 N–H and O–H groups in total. The topological polar surface area (TPSA) is 578 Å². The first-order valence-corrected chi connectivity index (χ1v) is 24.8. The van der Waals surface area contributed by atoms with Crippen LogP contribution in [-0.4, -0.2) is 320 Å². The van der Waals surface area contributed by atoms with E-state index >= 15 is 0 Å². The molecule has 36 heteroatoms. The van der Waals surface area contributed by atoms with E-state index in [0.717, 1.165) is 27.7 Å². The predicted octanol–water partition coefficient (Wildman–Crippen LogP) is -12.9. The minimum atomic E-state index is -3.39. The summed E-state index contributed by atoms with van der Waals surface area (Å²) in [5, 5.41) is 193. The van der Waals surface area contributed by atoms with Gasteiger partial charge in [-0.2, -0.15) is 0 Å². The Bertz CT molecular complexity index is 2120. The van der Waals surface area contributed by atoms with Crippen molar-refractivity contribution in [2.75, 3.05) is 33.0 Å². The van der Waals surface area contributed by atoms with E-state index in [2.05, 4.69) is 21.3 Å². The lowest BCUT2D eigenvalue weighted by Gasteiger charge is -2.52. The number of aliphatic carboxylic acids is 2. The highest BCUT2D eigenvalue weighted by Crippen LogP contribution is 2.41. The summed E-state index contributed by atoms with van der Waals surface area (Å²) in [5.41, 5.74) is 0. The van der Waals surface area contributed by atoms with E-state index < -0.39 is 246 Å². The smallest absolute Gasteiger partial charge is 0.364 e. The molecule has 5 aliphatic rings. The van der Waals surface area contributed by atoms with Crippen molar-refractivity contribution in [2.24, 2.45) is 0 Å². The Labute approximate surface area is 452 Å². The number of hydrogen-bond acceptors (Lipinski definition) is 30. The number of rotatable bonds is 23. The molecule has 0 radical (unpaired) electrons. The highest BCUT2D eigenvalue weighted by atomic mass is 16.8. The highest BCUT2D eigenvalue weighted by Gasteiger charge is 2.62. The molecule has 5 aliphatic heterocycles. The third-order valence-corrected chi connectivity index (χ3v) is 13.9. The van der Waals surface area contributed by atoms with Crippen LogP contribution in [0.4, 0.5) is 0 Å². The number of aliphatic hydroxyl groups excluding tert-OH is 15. The first-order valence-electron chi connectivity index (χ1n) is 24.8. The van der Waals surface area contributed by atoms with Gasteiger partial charge in [-0.25, -0.2) is 9.59 Å². The number of carboxylic acids is 2. The lowest BCUT2D eigenvalue weighted by atomic mass is 9.88. The maximum absolute atomic E-state index is 13.5. The van der Waals surface area contributed by atoms with Crippen molar-refractivity contribution in [1.29, 1.82) is 0 Å². The van der Waals surface area contributed by atoms with E-state index in [1.54, 1.807) is 0 Å². The van der Waals surface area contributed by atoms with Gasteiger partial charge in [-0.05, 0) is 0 Å². The SMILES string of the molecule is CC(=O)N[C@H]1[C@H](O[C@@H]2[C@H](O[C@]3(C(=O)O)C[C@H](O)[C@@H](NC(C)=O)[C@H]([C@H](O)[C@H](O)CO)O3)[C@@H](O)[C@H](O[C@H]3[C@@H](O)[C@@H](CO[C@]4(C(=O)O)C[C@H](O)[C@@H](NC(C)=O)[C@H]([C@H](O)[C@H](O)CO)O4)OC(O)[C@@H]3NC(C)=O)O[C@@H]2CO)O[C@H](CO)[C@H](O)[C@@H]1O.